The van der Waals surface area contributed by atoms with Gasteiger partial charge < -0.3 is 4.52 Å². The van der Waals surface area contributed by atoms with Crippen LogP contribution in [0.15, 0.2) is 51.8 Å². The van der Waals surface area contributed by atoms with Crippen LogP contribution in [-0.4, -0.2) is 19.7 Å². The lowest BCUT2D eigenvalue weighted by Gasteiger charge is -2.10. The van der Waals surface area contributed by atoms with E-state index in [1.807, 2.05) is 51.1 Å². The van der Waals surface area contributed by atoms with E-state index in [1.165, 1.54) is 5.56 Å². The molecule has 2 aromatic carbocycles. The topological polar surface area (TPSA) is 73.8 Å². The maximum absolute atomic E-state index is 12.9. The van der Waals surface area contributed by atoms with Crippen LogP contribution in [0.2, 0.25) is 0 Å². The SMILES string of the molecule is CCc1nc2ccccc2c(=O)n1Cc1noc(-c2ccc(C)cc2C)n1. The molecular weight excluding hydrogens is 340 g/mol. The molecule has 27 heavy (non-hydrogen) atoms. The lowest BCUT2D eigenvalue weighted by atomic mass is 10.1. The van der Waals surface area contributed by atoms with Crippen LogP contribution in [0.3, 0.4) is 0 Å². The summed E-state index contributed by atoms with van der Waals surface area (Å²) < 4.78 is 7.07. The molecule has 0 radical (unpaired) electrons. The molecule has 2 heterocycles. The van der Waals surface area contributed by atoms with Gasteiger partial charge in [0.2, 0.25) is 0 Å². The van der Waals surface area contributed by atoms with Crippen molar-refractivity contribution in [3.8, 4) is 11.5 Å². The largest absolute Gasteiger partial charge is 0.334 e. The van der Waals surface area contributed by atoms with E-state index >= 15 is 0 Å². The highest BCUT2D eigenvalue weighted by atomic mass is 16.5. The van der Waals surface area contributed by atoms with E-state index in [4.69, 9.17) is 4.52 Å². The van der Waals surface area contributed by atoms with E-state index in [9.17, 15) is 4.79 Å². The Morgan fingerprint density at radius 1 is 1.07 bits per heavy atom. The molecular formula is C21H20N4O2. The van der Waals surface area contributed by atoms with Crippen molar-refractivity contribution in [2.75, 3.05) is 0 Å². The summed E-state index contributed by atoms with van der Waals surface area (Å²) in [5.41, 5.74) is 3.77. The second-order valence-corrected chi connectivity index (χ2v) is 6.62. The first-order valence-electron chi connectivity index (χ1n) is 8.95. The molecule has 4 rings (SSSR count). The summed E-state index contributed by atoms with van der Waals surface area (Å²) in [5, 5.41) is 4.66. The molecule has 2 aromatic heterocycles. The van der Waals surface area contributed by atoms with Gasteiger partial charge >= 0.3 is 0 Å². The fraction of sp³-hybridized carbons (Fsp3) is 0.238. The first-order chi connectivity index (χ1) is 13.1. The van der Waals surface area contributed by atoms with Gasteiger partial charge in [0, 0.05) is 12.0 Å². The van der Waals surface area contributed by atoms with Crippen LogP contribution in [0, 0.1) is 13.8 Å². The van der Waals surface area contributed by atoms with E-state index in [2.05, 4.69) is 21.2 Å². The zero-order valence-electron chi connectivity index (χ0n) is 15.6. The van der Waals surface area contributed by atoms with Gasteiger partial charge in [0.15, 0.2) is 5.82 Å². The van der Waals surface area contributed by atoms with Crippen LogP contribution < -0.4 is 5.56 Å². The van der Waals surface area contributed by atoms with Crippen molar-refractivity contribution in [2.24, 2.45) is 0 Å². The minimum Gasteiger partial charge on any atom is -0.334 e. The van der Waals surface area contributed by atoms with Crippen LogP contribution >= 0.6 is 0 Å². The third-order valence-electron chi connectivity index (χ3n) is 4.64. The highest BCUT2D eigenvalue weighted by molar-refractivity contribution is 5.77. The molecule has 0 aliphatic rings. The Kier molecular flexibility index (Phi) is 4.32. The average molecular weight is 360 g/mol. The second kappa shape index (κ2) is 6.79. The first-order valence-corrected chi connectivity index (χ1v) is 8.95. The number of aryl methyl sites for hydroxylation is 3. The van der Waals surface area contributed by atoms with Gasteiger partial charge in [0.1, 0.15) is 5.82 Å². The quantitative estimate of drug-likeness (QED) is 0.555. The molecule has 0 bridgehead atoms. The smallest absolute Gasteiger partial charge is 0.261 e. The molecule has 0 aliphatic heterocycles. The highest BCUT2D eigenvalue weighted by Crippen LogP contribution is 2.22. The van der Waals surface area contributed by atoms with E-state index in [0.29, 0.717) is 34.9 Å². The maximum Gasteiger partial charge on any atom is 0.261 e. The number of rotatable bonds is 4. The molecule has 6 heteroatoms. The fourth-order valence-electron chi connectivity index (χ4n) is 3.27. The van der Waals surface area contributed by atoms with Gasteiger partial charge in [-0.15, -0.1) is 0 Å². The third-order valence-corrected chi connectivity index (χ3v) is 4.64. The summed E-state index contributed by atoms with van der Waals surface area (Å²) in [5.74, 6) is 1.62. The van der Waals surface area contributed by atoms with E-state index in [-0.39, 0.29) is 12.1 Å². The van der Waals surface area contributed by atoms with Crippen molar-refractivity contribution in [3.05, 3.63) is 75.6 Å². The molecule has 0 amide bonds. The van der Waals surface area contributed by atoms with Crippen molar-refractivity contribution < 1.29 is 4.52 Å². The van der Waals surface area contributed by atoms with Crippen LogP contribution in [0.25, 0.3) is 22.4 Å². The number of nitrogens with zero attached hydrogens (tertiary/aromatic N) is 4. The van der Waals surface area contributed by atoms with E-state index in [0.717, 1.165) is 11.1 Å². The van der Waals surface area contributed by atoms with Gasteiger partial charge in [-0.3, -0.25) is 9.36 Å². The monoisotopic (exact) mass is 360 g/mol. The predicted molar refractivity (Wildman–Crippen MR) is 104 cm³/mol. The highest BCUT2D eigenvalue weighted by Gasteiger charge is 2.15. The molecule has 0 aliphatic carbocycles. The summed E-state index contributed by atoms with van der Waals surface area (Å²) in [6.07, 6.45) is 0.641. The van der Waals surface area contributed by atoms with Crippen molar-refractivity contribution in [2.45, 2.75) is 33.7 Å². The summed E-state index contributed by atoms with van der Waals surface area (Å²) in [6.45, 7) is 6.26. The van der Waals surface area contributed by atoms with Crippen molar-refractivity contribution in [1.82, 2.24) is 19.7 Å². The zero-order chi connectivity index (χ0) is 19.0. The Labute approximate surface area is 156 Å². The van der Waals surface area contributed by atoms with Crippen LogP contribution in [-0.2, 0) is 13.0 Å². The number of benzene rings is 2. The Balaban J connectivity index is 1.74. The predicted octanol–water partition coefficient (Wildman–Crippen LogP) is 3.67. The Morgan fingerprint density at radius 3 is 2.67 bits per heavy atom. The molecule has 4 aromatic rings. The second-order valence-electron chi connectivity index (χ2n) is 6.62. The lowest BCUT2D eigenvalue weighted by molar-refractivity contribution is 0.419. The summed E-state index contributed by atoms with van der Waals surface area (Å²) in [6, 6.07) is 13.4. The number of hydrogen-bond donors (Lipinski definition) is 0. The molecule has 6 nitrogen and oxygen atoms in total. The molecule has 0 saturated carbocycles. The fourth-order valence-corrected chi connectivity index (χ4v) is 3.27. The van der Waals surface area contributed by atoms with Gasteiger partial charge in [-0.1, -0.05) is 41.9 Å². The van der Waals surface area contributed by atoms with Crippen LogP contribution in [0.1, 0.15) is 29.7 Å². The number of aromatic nitrogens is 4. The van der Waals surface area contributed by atoms with Gasteiger partial charge in [-0.05, 0) is 37.6 Å². The summed E-state index contributed by atoms with van der Waals surface area (Å²) in [4.78, 5) is 22.0. The Hall–Kier alpha value is -3.28. The standard InChI is InChI=1S/C21H20N4O2/c1-4-19-22-17-8-6-5-7-16(17)21(26)25(19)12-18-23-20(27-24-18)15-10-9-13(2)11-14(15)3/h5-11H,4,12H2,1-3H3. The van der Waals surface area contributed by atoms with Crippen LogP contribution in [0.4, 0.5) is 0 Å². The minimum absolute atomic E-state index is 0.0877. The van der Waals surface area contributed by atoms with Gasteiger partial charge in [0.25, 0.3) is 11.4 Å². The Bertz CT molecular complexity index is 1190. The summed E-state index contributed by atoms with van der Waals surface area (Å²) >= 11 is 0. The lowest BCUT2D eigenvalue weighted by Crippen LogP contribution is -2.26. The number of fused-ring (bicyclic) bond motifs is 1. The number of hydrogen-bond acceptors (Lipinski definition) is 5. The van der Waals surface area contributed by atoms with Gasteiger partial charge in [-0.2, -0.15) is 4.98 Å². The third kappa shape index (κ3) is 3.14. The molecule has 0 unspecified atom stereocenters. The van der Waals surface area contributed by atoms with E-state index < -0.39 is 0 Å². The number of para-hydroxylation sites is 1. The minimum atomic E-state index is -0.0877. The normalized spacial score (nSPS) is 11.2. The van der Waals surface area contributed by atoms with Crippen molar-refractivity contribution in [3.63, 3.8) is 0 Å². The zero-order valence-corrected chi connectivity index (χ0v) is 15.6. The van der Waals surface area contributed by atoms with Gasteiger partial charge in [0.05, 0.1) is 17.4 Å². The molecule has 0 atom stereocenters. The molecule has 0 fully saturated rings. The Morgan fingerprint density at radius 2 is 1.89 bits per heavy atom. The molecule has 0 spiro atoms. The van der Waals surface area contributed by atoms with Gasteiger partial charge in [-0.25, -0.2) is 4.98 Å². The average Bonchev–Trinajstić information content (AvgIpc) is 3.12. The summed E-state index contributed by atoms with van der Waals surface area (Å²) in [7, 11) is 0. The first kappa shape index (κ1) is 17.1. The van der Waals surface area contributed by atoms with Crippen molar-refractivity contribution in [1.29, 1.82) is 0 Å². The van der Waals surface area contributed by atoms with E-state index in [1.54, 1.807) is 10.6 Å². The molecule has 0 saturated heterocycles. The molecule has 0 N–H and O–H groups in total. The van der Waals surface area contributed by atoms with Crippen molar-refractivity contribution >= 4 is 10.9 Å². The molecule has 136 valence electrons. The maximum atomic E-state index is 12.9. The van der Waals surface area contributed by atoms with Crippen LogP contribution in [0.5, 0.6) is 0 Å².